The molecule has 4 rings (SSSR count). The van der Waals surface area contributed by atoms with E-state index in [-0.39, 0.29) is 0 Å². The third kappa shape index (κ3) is 3.55. The maximum atomic E-state index is 13.0. The van der Waals surface area contributed by atoms with Gasteiger partial charge in [0.25, 0.3) is 0 Å². The summed E-state index contributed by atoms with van der Waals surface area (Å²) in [5.74, 6) is 0.922. The molecule has 148 valence electrons. The highest BCUT2D eigenvalue weighted by Gasteiger charge is 2.31. The molecule has 2 aliphatic rings. The molecule has 1 fully saturated rings. The van der Waals surface area contributed by atoms with Crippen molar-refractivity contribution in [1.29, 1.82) is 0 Å². The van der Waals surface area contributed by atoms with Crippen molar-refractivity contribution in [2.75, 3.05) is 38.2 Å². The van der Waals surface area contributed by atoms with Crippen LogP contribution in [0.3, 0.4) is 0 Å². The highest BCUT2D eigenvalue weighted by atomic mass is 19.4. The van der Waals surface area contributed by atoms with Crippen LogP contribution >= 0.6 is 0 Å². The maximum absolute atomic E-state index is 13.0. The van der Waals surface area contributed by atoms with Crippen molar-refractivity contribution in [3.8, 4) is 5.75 Å². The van der Waals surface area contributed by atoms with Crippen molar-refractivity contribution in [2.45, 2.75) is 19.0 Å². The van der Waals surface area contributed by atoms with Gasteiger partial charge in [-0.05, 0) is 37.1 Å². The fraction of sp³-hybridized carbons (Fsp3) is 0.364. The third-order valence-electron chi connectivity index (χ3n) is 5.52. The molecule has 28 heavy (non-hydrogen) atoms. The zero-order chi connectivity index (χ0) is 19.7. The molecule has 1 aliphatic heterocycles. The van der Waals surface area contributed by atoms with E-state index in [0.717, 1.165) is 37.7 Å². The quantitative estimate of drug-likeness (QED) is 0.750. The van der Waals surface area contributed by atoms with E-state index in [1.807, 2.05) is 17.0 Å². The van der Waals surface area contributed by atoms with Gasteiger partial charge >= 0.3 is 6.18 Å². The Kier molecular flexibility index (Phi) is 4.96. The lowest BCUT2D eigenvalue weighted by atomic mass is 9.92. The normalized spacial score (nSPS) is 17.2. The molecule has 0 saturated carbocycles. The van der Waals surface area contributed by atoms with Gasteiger partial charge in [-0.3, -0.25) is 0 Å². The summed E-state index contributed by atoms with van der Waals surface area (Å²) in [5.41, 5.74) is 3.70. The molecule has 6 heteroatoms. The molecule has 0 N–H and O–H groups in total. The predicted octanol–water partition coefficient (Wildman–Crippen LogP) is 4.82. The summed E-state index contributed by atoms with van der Waals surface area (Å²) < 4.78 is 44.5. The number of piperazine rings is 1. The Bertz CT molecular complexity index is 884. The Morgan fingerprint density at radius 1 is 0.929 bits per heavy atom. The summed E-state index contributed by atoms with van der Waals surface area (Å²) in [7, 11) is 1.70. The van der Waals surface area contributed by atoms with Crippen molar-refractivity contribution in [3.63, 3.8) is 0 Å². The topological polar surface area (TPSA) is 15.7 Å². The van der Waals surface area contributed by atoms with Crippen LogP contribution in [0.15, 0.2) is 48.5 Å². The van der Waals surface area contributed by atoms with Crippen LogP contribution in [0.4, 0.5) is 18.9 Å². The lowest BCUT2D eigenvalue weighted by Gasteiger charge is -2.40. The molecule has 2 aromatic carbocycles. The first kappa shape index (κ1) is 18.7. The van der Waals surface area contributed by atoms with Crippen LogP contribution in [0, 0.1) is 0 Å². The molecule has 3 nitrogen and oxygen atoms in total. The van der Waals surface area contributed by atoms with E-state index in [1.165, 1.54) is 29.0 Å². The molecule has 0 spiro atoms. The largest absolute Gasteiger partial charge is 0.496 e. The standard InChI is InChI=1S/C22H23F3N2O/c1-28-21-10-4-7-18-19(21)8-3-9-20(18)27-13-11-26(12-14-27)17-6-2-5-16(15-17)22(23,24)25/h2,4-7,9-10,15H,3,8,11-14H2,1H3. The first-order chi connectivity index (χ1) is 13.5. The average Bonchev–Trinajstić information content (AvgIpc) is 2.72. The smallest absolute Gasteiger partial charge is 0.416 e. The minimum atomic E-state index is -4.31. The SMILES string of the molecule is COc1cccc2c1CCC=C2N1CCN(c2cccc(C(F)(F)F)c2)CC1. The van der Waals surface area contributed by atoms with E-state index in [1.54, 1.807) is 13.2 Å². The molecule has 0 bridgehead atoms. The number of benzene rings is 2. The number of ether oxygens (including phenoxy) is 1. The summed E-state index contributed by atoms with van der Waals surface area (Å²) in [6, 6.07) is 11.7. The van der Waals surface area contributed by atoms with Crippen LogP contribution in [0.2, 0.25) is 0 Å². The van der Waals surface area contributed by atoms with E-state index in [4.69, 9.17) is 4.74 Å². The Morgan fingerprint density at radius 3 is 2.36 bits per heavy atom. The molecular formula is C22H23F3N2O. The van der Waals surface area contributed by atoms with Crippen LogP contribution in [0.1, 0.15) is 23.1 Å². The number of allylic oxidation sites excluding steroid dienone is 1. The Labute approximate surface area is 163 Å². The number of halogens is 3. The van der Waals surface area contributed by atoms with E-state index < -0.39 is 11.7 Å². The number of alkyl halides is 3. The van der Waals surface area contributed by atoms with Gasteiger partial charge in [0.1, 0.15) is 5.75 Å². The number of rotatable bonds is 3. The van der Waals surface area contributed by atoms with Crippen molar-refractivity contribution in [2.24, 2.45) is 0 Å². The first-order valence-corrected chi connectivity index (χ1v) is 9.51. The van der Waals surface area contributed by atoms with Gasteiger partial charge in [-0.15, -0.1) is 0 Å². The Hall–Kier alpha value is -2.63. The summed E-state index contributed by atoms with van der Waals surface area (Å²) in [6.45, 7) is 2.94. The molecule has 0 radical (unpaired) electrons. The lowest BCUT2D eigenvalue weighted by Crippen LogP contribution is -2.45. The van der Waals surface area contributed by atoms with Crippen molar-refractivity contribution >= 4 is 11.4 Å². The van der Waals surface area contributed by atoms with Crippen LogP contribution in [0.25, 0.3) is 5.70 Å². The fourth-order valence-electron chi connectivity index (χ4n) is 4.10. The number of anilines is 1. The molecule has 1 heterocycles. The molecule has 1 saturated heterocycles. The van der Waals surface area contributed by atoms with E-state index in [9.17, 15) is 13.2 Å². The van der Waals surface area contributed by atoms with Crippen LogP contribution < -0.4 is 9.64 Å². The molecule has 1 aliphatic carbocycles. The Balaban J connectivity index is 1.49. The van der Waals surface area contributed by atoms with Gasteiger partial charge in [0.2, 0.25) is 0 Å². The molecular weight excluding hydrogens is 365 g/mol. The zero-order valence-corrected chi connectivity index (χ0v) is 15.8. The number of fused-ring (bicyclic) bond motifs is 1. The monoisotopic (exact) mass is 388 g/mol. The zero-order valence-electron chi connectivity index (χ0n) is 15.8. The van der Waals surface area contributed by atoms with Crippen LogP contribution in [-0.2, 0) is 12.6 Å². The predicted molar refractivity (Wildman–Crippen MR) is 105 cm³/mol. The second kappa shape index (κ2) is 7.41. The van der Waals surface area contributed by atoms with Gasteiger partial charge in [0.15, 0.2) is 0 Å². The summed E-state index contributed by atoms with van der Waals surface area (Å²) >= 11 is 0. The van der Waals surface area contributed by atoms with E-state index in [0.29, 0.717) is 18.8 Å². The van der Waals surface area contributed by atoms with Gasteiger partial charge in [-0.25, -0.2) is 0 Å². The van der Waals surface area contributed by atoms with Crippen LogP contribution in [0.5, 0.6) is 5.75 Å². The van der Waals surface area contributed by atoms with Crippen molar-refractivity contribution < 1.29 is 17.9 Å². The second-order valence-electron chi connectivity index (χ2n) is 7.14. The molecule has 0 amide bonds. The van der Waals surface area contributed by atoms with E-state index >= 15 is 0 Å². The second-order valence-corrected chi connectivity index (χ2v) is 7.14. The van der Waals surface area contributed by atoms with Crippen LogP contribution in [-0.4, -0.2) is 38.2 Å². The van der Waals surface area contributed by atoms with Gasteiger partial charge in [-0.1, -0.05) is 24.3 Å². The van der Waals surface area contributed by atoms with Gasteiger partial charge in [0, 0.05) is 48.7 Å². The minimum absolute atomic E-state index is 0.594. The van der Waals surface area contributed by atoms with Gasteiger partial charge in [0.05, 0.1) is 12.7 Å². The highest BCUT2D eigenvalue weighted by molar-refractivity contribution is 5.71. The number of methoxy groups -OCH3 is 1. The summed E-state index contributed by atoms with van der Waals surface area (Å²) in [4.78, 5) is 4.36. The lowest BCUT2D eigenvalue weighted by molar-refractivity contribution is -0.137. The average molecular weight is 388 g/mol. The fourth-order valence-corrected chi connectivity index (χ4v) is 4.10. The third-order valence-corrected chi connectivity index (χ3v) is 5.52. The van der Waals surface area contributed by atoms with Gasteiger partial charge < -0.3 is 14.5 Å². The molecule has 0 aromatic heterocycles. The summed E-state index contributed by atoms with van der Waals surface area (Å²) in [5, 5.41) is 0. The molecule has 0 atom stereocenters. The van der Waals surface area contributed by atoms with Crippen molar-refractivity contribution in [1.82, 2.24) is 4.90 Å². The first-order valence-electron chi connectivity index (χ1n) is 9.51. The van der Waals surface area contributed by atoms with Crippen molar-refractivity contribution in [3.05, 3.63) is 65.2 Å². The Morgan fingerprint density at radius 2 is 1.64 bits per heavy atom. The maximum Gasteiger partial charge on any atom is 0.416 e. The van der Waals surface area contributed by atoms with E-state index in [2.05, 4.69) is 17.0 Å². The van der Waals surface area contributed by atoms with Gasteiger partial charge in [-0.2, -0.15) is 13.2 Å². The minimum Gasteiger partial charge on any atom is -0.496 e. The number of nitrogens with zero attached hydrogens (tertiary/aromatic N) is 2. The number of hydrogen-bond acceptors (Lipinski definition) is 3. The number of hydrogen-bond donors (Lipinski definition) is 0. The summed E-state index contributed by atoms with van der Waals surface area (Å²) in [6.07, 6.45) is -0.112. The highest BCUT2D eigenvalue weighted by Crippen LogP contribution is 2.36. The molecule has 0 unspecified atom stereocenters. The molecule has 2 aromatic rings.